The van der Waals surface area contributed by atoms with Crippen molar-refractivity contribution in [3.63, 3.8) is 0 Å². The number of carbonyl (C=O) groups excluding carboxylic acids is 1. The summed E-state index contributed by atoms with van der Waals surface area (Å²) in [7, 11) is 0. The summed E-state index contributed by atoms with van der Waals surface area (Å²) in [4.78, 5) is 22.7. The van der Waals surface area contributed by atoms with E-state index in [-0.39, 0.29) is 18.0 Å². The maximum Gasteiger partial charge on any atom is 0.290 e. The summed E-state index contributed by atoms with van der Waals surface area (Å²) in [6.07, 6.45) is 7.02. The molecule has 3 aliphatic heterocycles. The van der Waals surface area contributed by atoms with Gasteiger partial charge >= 0.3 is 0 Å². The number of carbonyl (C=O) groups is 1. The number of fused-ring (bicyclic) bond motifs is 4. The number of rotatable bonds is 5. The van der Waals surface area contributed by atoms with E-state index in [4.69, 9.17) is 4.42 Å². The van der Waals surface area contributed by atoms with Crippen molar-refractivity contribution in [2.24, 2.45) is 5.92 Å². The molecule has 3 aromatic rings. The van der Waals surface area contributed by atoms with Crippen LogP contribution in [-0.4, -0.2) is 51.9 Å². The normalized spacial score (nSPS) is 25.7. The Morgan fingerprint density at radius 1 is 1.20 bits per heavy atom. The predicted octanol–water partition coefficient (Wildman–Crippen LogP) is 4.38. The van der Waals surface area contributed by atoms with Crippen LogP contribution in [-0.2, 0) is 6.42 Å². The third-order valence-corrected chi connectivity index (χ3v) is 6.84. The number of benzene rings is 1. The Balaban J connectivity index is 1.50. The summed E-state index contributed by atoms with van der Waals surface area (Å²) in [5.74, 6) is 0.991. The summed E-state index contributed by atoms with van der Waals surface area (Å²) >= 11 is 0. The average Bonchev–Trinajstić information content (AvgIpc) is 3.21. The Kier molecular flexibility index (Phi) is 5.07. The van der Waals surface area contributed by atoms with Crippen LogP contribution in [0.15, 0.2) is 59.3 Å². The van der Waals surface area contributed by atoms with Crippen LogP contribution in [0.2, 0.25) is 0 Å². The Labute approximate surface area is 177 Å². The van der Waals surface area contributed by atoms with Crippen molar-refractivity contribution in [2.75, 3.05) is 13.1 Å². The molecule has 0 N–H and O–H groups in total. The second-order valence-corrected chi connectivity index (χ2v) is 8.95. The molecule has 1 aromatic carbocycles. The van der Waals surface area contributed by atoms with Gasteiger partial charge in [-0.1, -0.05) is 24.3 Å². The molecule has 5 heterocycles. The van der Waals surface area contributed by atoms with Crippen molar-refractivity contribution in [1.82, 2.24) is 14.8 Å². The summed E-state index contributed by atoms with van der Waals surface area (Å²) in [5, 5.41) is 0.977. The maximum atomic E-state index is 13.7. The molecule has 0 aliphatic carbocycles. The van der Waals surface area contributed by atoms with Crippen molar-refractivity contribution in [1.29, 1.82) is 0 Å². The first-order valence-corrected chi connectivity index (χ1v) is 11.1. The summed E-state index contributed by atoms with van der Waals surface area (Å²) in [5.41, 5.74) is 2.00. The van der Waals surface area contributed by atoms with Gasteiger partial charge in [0.15, 0.2) is 5.76 Å². The zero-order valence-corrected chi connectivity index (χ0v) is 17.7. The van der Waals surface area contributed by atoms with Crippen LogP contribution in [0.3, 0.4) is 0 Å². The zero-order valence-electron chi connectivity index (χ0n) is 17.7. The third kappa shape index (κ3) is 3.41. The second kappa shape index (κ2) is 7.88. The standard InChI is InChI=1S/C25H29N3O2/c1-17(2)28(25(29)23-15-20-7-3-4-8-22(20)30-23)24-19-9-12-27(13-10-19)21(24)14-18-6-5-11-26-16-18/h3-8,11,15-17,19,21,24H,9-10,12-14H2,1-2H3. The van der Waals surface area contributed by atoms with Gasteiger partial charge in [0, 0.05) is 29.9 Å². The first kappa shape index (κ1) is 19.3. The monoisotopic (exact) mass is 403 g/mol. The quantitative estimate of drug-likeness (QED) is 0.634. The number of furan rings is 1. The van der Waals surface area contributed by atoms with Crippen LogP contribution in [0.5, 0.6) is 0 Å². The molecule has 0 saturated carbocycles. The first-order valence-electron chi connectivity index (χ1n) is 11.1. The lowest BCUT2D eigenvalue weighted by Gasteiger charge is -2.55. The van der Waals surface area contributed by atoms with E-state index in [1.807, 2.05) is 48.8 Å². The highest BCUT2D eigenvalue weighted by atomic mass is 16.3. The van der Waals surface area contributed by atoms with Crippen molar-refractivity contribution >= 4 is 16.9 Å². The topological polar surface area (TPSA) is 49.6 Å². The SMILES string of the molecule is CC(C)N(C(=O)c1cc2ccccc2o1)C1C2CCN(CC2)C1Cc1cccnc1. The van der Waals surface area contributed by atoms with Gasteiger partial charge in [0.2, 0.25) is 0 Å². The Hall–Kier alpha value is -2.66. The first-order chi connectivity index (χ1) is 14.6. The van der Waals surface area contributed by atoms with Gasteiger partial charge in [0.25, 0.3) is 5.91 Å². The van der Waals surface area contributed by atoms with Gasteiger partial charge in [-0.15, -0.1) is 0 Å². The van der Waals surface area contributed by atoms with Crippen LogP contribution in [0.25, 0.3) is 11.0 Å². The third-order valence-electron chi connectivity index (χ3n) is 6.84. The van der Waals surface area contributed by atoms with E-state index >= 15 is 0 Å². The largest absolute Gasteiger partial charge is 0.451 e. The van der Waals surface area contributed by atoms with E-state index in [1.54, 1.807) is 0 Å². The fourth-order valence-corrected chi connectivity index (χ4v) is 5.47. The molecule has 2 aromatic heterocycles. The number of piperidine rings is 3. The molecular weight excluding hydrogens is 374 g/mol. The molecular formula is C25H29N3O2. The van der Waals surface area contributed by atoms with Gasteiger partial charge in [-0.2, -0.15) is 0 Å². The van der Waals surface area contributed by atoms with E-state index in [0.717, 1.165) is 43.3 Å². The van der Waals surface area contributed by atoms with Crippen LogP contribution < -0.4 is 0 Å². The molecule has 3 fully saturated rings. The number of nitrogens with zero attached hydrogens (tertiary/aromatic N) is 3. The van der Waals surface area contributed by atoms with Gasteiger partial charge in [0.1, 0.15) is 5.58 Å². The Morgan fingerprint density at radius 2 is 2.00 bits per heavy atom. The molecule has 3 aliphatic rings. The number of hydrogen-bond acceptors (Lipinski definition) is 4. The van der Waals surface area contributed by atoms with Crippen molar-refractivity contribution in [3.8, 4) is 0 Å². The maximum absolute atomic E-state index is 13.7. The number of aromatic nitrogens is 1. The second-order valence-electron chi connectivity index (χ2n) is 8.95. The molecule has 2 unspecified atom stereocenters. The van der Waals surface area contributed by atoms with Crippen LogP contribution in [0.1, 0.15) is 42.8 Å². The number of amides is 1. The van der Waals surface area contributed by atoms with Gasteiger partial charge in [0.05, 0.1) is 6.04 Å². The van der Waals surface area contributed by atoms with Crippen LogP contribution in [0.4, 0.5) is 0 Å². The van der Waals surface area contributed by atoms with Crippen LogP contribution >= 0.6 is 0 Å². The Bertz CT molecular complexity index is 988. The summed E-state index contributed by atoms with van der Waals surface area (Å²) < 4.78 is 5.97. The van der Waals surface area contributed by atoms with E-state index in [9.17, 15) is 4.79 Å². The van der Waals surface area contributed by atoms with Crippen molar-refractivity contribution in [3.05, 3.63) is 66.2 Å². The molecule has 0 spiro atoms. The molecule has 156 valence electrons. The lowest BCUT2D eigenvalue weighted by Crippen LogP contribution is -2.66. The minimum atomic E-state index is 0.0103. The molecule has 2 atom stereocenters. The summed E-state index contributed by atoms with van der Waals surface area (Å²) in [6.45, 7) is 6.49. The minimum Gasteiger partial charge on any atom is -0.451 e. The number of pyridine rings is 1. The molecule has 0 radical (unpaired) electrons. The average molecular weight is 404 g/mol. The highest BCUT2D eigenvalue weighted by Crippen LogP contribution is 2.38. The molecule has 30 heavy (non-hydrogen) atoms. The molecule has 2 bridgehead atoms. The lowest BCUT2D eigenvalue weighted by atomic mass is 9.75. The molecule has 5 heteroatoms. The van der Waals surface area contributed by atoms with Gasteiger partial charge in [-0.3, -0.25) is 14.7 Å². The highest BCUT2D eigenvalue weighted by molar-refractivity contribution is 5.96. The zero-order chi connectivity index (χ0) is 20.7. The number of hydrogen-bond donors (Lipinski definition) is 0. The predicted molar refractivity (Wildman–Crippen MR) is 117 cm³/mol. The highest BCUT2D eigenvalue weighted by Gasteiger charge is 2.47. The van der Waals surface area contributed by atoms with Gasteiger partial charge in [-0.05, 0) is 75.9 Å². The molecule has 6 rings (SSSR count). The van der Waals surface area contributed by atoms with E-state index in [2.05, 4.69) is 34.7 Å². The summed E-state index contributed by atoms with van der Waals surface area (Å²) in [6, 6.07) is 14.5. The lowest BCUT2D eigenvalue weighted by molar-refractivity contribution is -0.0443. The van der Waals surface area contributed by atoms with Crippen molar-refractivity contribution < 1.29 is 9.21 Å². The Morgan fingerprint density at radius 3 is 2.70 bits per heavy atom. The molecule has 3 saturated heterocycles. The van der Waals surface area contributed by atoms with Gasteiger partial charge < -0.3 is 9.32 Å². The molecule has 5 nitrogen and oxygen atoms in total. The smallest absolute Gasteiger partial charge is 0.290 e. The van der Waals surface area contributed by atoms with Crippen molar-refractivity contribution in [2.45, 2.75) is 51.2 Å². The fourth-order valence-electron chi connectivity index (χ4n) is 5.47. The van der Waals surface area contributed by atoms with Crippen LogP contribution in [0, 0.1) is 5.92 Å². The van der Waals surface area contributed by atoms with Gasteiger partial charge in [-0.25, -0.2) is 0 Å². The van der Waals surface area contributed by atoms with E-state index < -0.39 is 0 Å². The fraction of sp³-hybridized carbons (Fsp3) is 0.440. The number of para-hydroxylation sites is 1. The van der Waals surface area contributed by atoms with E-state index in [1.165, 1.54) is 5.56 Å². The van der Waals surface area contributed by atoms with E-state index in [0.29, 0.717) is 17.7 Å². The molecule has 1 amide bonds. The minimum absolute atomic E-state index is 0.0103.